The molecule has 2 N–H and O–H groups in total. The van der Waals surface area contributed by atoms with Gasteiger partial charge < -0.3 is 15.5 Å². The first-order valence-electron chi connectivity index (χ1n) is 7.77. The molecule has 2 fully saturated rings. The summed E-state index contributed by atoms with van der Waals surface area (Å²) >= 11 is 0. The van der Waals surface area contributed by atoms with Crippen molar-refractivity contribution in [2.75, 3.05) is 33.7 Å². The minimum Gasteiger partial charge on any atom is -0.342 e. The van der Waals surface area contributed by atoms with Crippen molar-refractivity contribution in [3.63, 3.8) is 0 Å². The molecule has 0 spiro atoms. The Morgan fingerprint density at radius 2 is 1.79 bits per heavy atom. The van der Waals surface area contributed by atoms with Crippen molar-refractivity contribution in [1.82, 2.24) is 9.80 Å². The third-order valence-corrected chi connectivity index (χ3v) is 4.69. The second kappa shape index (κ2) is 6.71. The molecular weight excluding hydrogens is 238 g/mol. The molecule has 2 atom stereocenters. The Morgan fingerprint density at radius 1 is 1.16 bits per heavy atom. The first-order valence-corrected chi connectivity index (χ1v) is 7.77. The molecule has 1 amide bonds. The molecule has 1 saturated heterocycles. The summed E-state index contributed by atoms with van der Waals surface area (Å²) in [4.78, 5) is 16.8. The van der Waals surface area contributed by atoms with Crippen LogP contribution in [0.5, 0.6) is 0 Å². The zero-order valence-electron chi connectivity index (χ0n) is 12.5. The predicted molar refractivity (Wildman–Crippen MR) is 77.8 cm³/mol. The molecule has 4 nitrogen and oxygen atoms in total. The third kappa shape index (κ3) is 3.93. The Labute approximate surface area is 117 Å². The zero-order chi connectivity index (χ0) is 13.8. The van der Waals surface area contributed by atoms with Crippen LogP contribution in [0.25, 0.3) is 0 Å². The largest absolute Gasteiger partial charge is 0.342 e. The van der Waals surface area contributed by atoms with Crippen molar-refractivity contribution in [3.8, 4) is 0 Å². The van der Waals surface area contributed by atoms with Crippen LogP contribution in [0.4, 0.5) is 0 Å². The smallest absolute Gasteiger partial charge is 0.227 e. The molecule has 4 heteroatoms. The van der Waals surface area contributed by atoms with Gasteiger partial charge in [0.15, 0.2) is 0 Å². The van der Waals surface area contributed by atoms with Gasteiger partial charge >= 0.3 is 0 Å². The van der Waals surface area contributed by atoms with Gasteiger partial charge in [-0.15, -0.1) is 0 Å². The first-order chi connectivity index (χ1) is 9.08. The fraction of sp³-hybridized carbons (Fsp3) is 0.933. The molecule has 1 aliphatic carbocycles. The number of carbonyl (C=O) groups excluding carboxylic acids is 1. The van der Waals surface area contributed by atoms with Crippen molar-refractivity contribution in [1.29, 1.82) is 0 Å². The number of hydrogen-bond donors (Lipinski definition) is 1. The summed E-state index contributed by atoms with van der Waals surface area (Å²) in [5, 5.41) is 0. The molecule has 0 aromatic carbocycles. The van der Waals surface area contributed by atoms with E-state index >= 15 is 0 Å². The van der Waals surface area contributed by atoms with Crippen LogP contribution in [0.3, 0.4) is 0 Å². The second-order valence-corrected chi connectivity index (χ2v) is 6.59. The zero-order valence-corrected chi connectivity index (χ0v) is 12.5. The molecule has 1 heterocycles. The van der Waals surface area contributed by atoms with Gasteiger partial charge in [-0.2, -0.15) is 0 Å². The molecule has 2 rings (SSSR count). The van der Waals surface area contributed by atoms with Crippen molar-refractivity contribution in [2.45, 2.75) is 44.6 Å². The molecule has 110 valence electrons. The van der Waals surface area contributed by atoms with Gasteiger partial charge in [-0.3, -0.25) is 4.79 Å². The van der Waals surface area contributed by atoms with E-state index in [1.54, 1.807) is 0 Å². The van der Waals surface area contributed by atoms with E-state index in [2.05, 4.69) is 23.9 Å². The number of nitrogens with zero attached hydrogens (tertiary/aromatic N) is 2. The van der Waals surface area contributed by atoms with E-state index < -0.39 is 0 Å². The van der Waals surface area contributed by atoms with Crippen molar-refractivity contribution >= 4 is 5.91 Å². The Balaban J connectivity index is 1.81. The Bertz CT molecular complexity index is 298. The van der Waals surface area contributed by atoms with Crippen LogP contribution in [0.2, 0.25) is 0 Å². The number of rotatable bonds is 3. The van der Waals surface area contributed by atoms with Gasteiger partial charge in [0.05, 0.1) is 5.92 Å². The molecule has 19 heavy (non-hydrogen) atoms. The lowest BCUT2D eigenvalue weighted by molar-refractivity contribution is -0.138. The number of amides is 1. The normalized spacial score (nSPS) is 29.8. The average molecular weight is 267 g/mol. The van der Waals surface area contributed by atoms with E-state index in [0.29, 0.717) is 5.91 Å². The van der Waals surface area contributed by atoms with E-state index in [9.17, 15) is 4.79 Å². The van der Waals surface area contributed by atoms with Crippen LogP contribution < -0.4 is 5.73 Å². The fourth-order valence-corrected chi connectivity index (χ4v) is 3.55. The molecule has 0 bridgehead atoms. The maximum Gasteiger partial charge on any atom is 0.227 e. The number of carbonyl (C=O) groups is 1. The van der Waals surface area contributed by atoms with E-state index in [1.165, 1.54) is 12.8 Å². The highest BCUT2D eigenvalue weighted by atomic mass is 16.2. The lowest BCUT2D eigenvalue weighted by Crippen LogP contribution is -2.48. The van der Waals surface area contributed by atoms with E-state index in [1.807, 2.05) is 0 Å². The van der Waals surface area contributed by atoms with Crippen LogP contribution >= 0.6 is 0 Å². The molecule has 1 aliphatic heterocycles. The SMILES string of the molecule is CN(C)CC1CCN(C(=O)C2CCCCC2N)CC1. The Hall–Kier alpha value is -0.610. The molecular formula is C15H29N3O. The minimum absolute atomic E-state index is 0.0964. The fourth-order valence-electron chi connectivity index (χ4n) is 3.55. The number of piperidine rings is 1. The minimum atomic E-state index is 0.0964. The van der Waals surface area contributed by atoms with Gasteiger partial charge in [0.25, 0.3) is 0 Å². The Kier molecular flexibility index (Phi) is 5.22. The molecule has 0 aromatic heterocycles. The topological polar surface area (TPSA) is 49.6 Å². The number of hydrogen-bond acceptors (Lipinski definition) is 3. The average Bonchev–Trinajstić information content (AvgIpc) is 2.39. The van der Waals surface area contributed by atoms with Gasteiger partial charge in [-0.1, -0.05) is 12.8 Å². The molecule has 2 unspecified atom stereocenters. The van der Waals surface area contributed by atoms with Gasteiger partial charge in [0.1, 0.15) is 0 Å². The van der Waals surface area contributed by atoms with E-state index in [-0.39, 0.29) is 12.0 Å². The van der Waals surface area contributed by atoms with Crippen LogP contribution in [0.15, 0.2) is 0 Å². The van der Waals surface area contributed by atoms with Crippen LogP contribution in [0.1, 0.15) is 38.5 Å². The summed E-state index contributed by atoms with van der Waals surface area (Å²) in [5.74, 6) is 1.17. The van der Waals surface area contributed by atoms with E-state index in [0.717, 1.165) is 51.2 Å². The van der Waals surface area contributed by atoms with Crippen molar-refractivity contribution in [3.05, 3.63) is 0 Å². The Morgan fingerprint density at radius 3 is 2.37 bits per heavy atom. The summed E-state index contributed by atoms with van der Waals surface area (Å²) in [6.45, 7) is 3.01. The highest BCUT2D eigenvalue weighted by molar-refractivity contribution is 5.79. The molecule has 1 saturated carbocycles. The summed E-state index contributed by atoms with van der Waals surface area (Å²) in [7, 11) is 4.25. The summed E-state index contributed by atoms with van der Waals surface area (Å²) < 4.78 is 0. The maximum absolute atomic E-state index is 12.5. The molecule has 2 aliphatic rings. The first kappa shape index (κ1) is 14.8. The number of nitrogens with two attached hydrogens (primary N) is 1. The second-order valence-electron chi connectivity index (χ2n) is 6.59. The summed E-state index contributed by atoms with van der Waals surface area (Å²) in [6.07, 6.45) is 6.67. The van der Waals surface area contributed by atoms with Crippen LogP contribution in [0, 0.1) is 11.8 Å². The summed E-state index contributed by atoms with van der Waals surface area (Å²) in [5.41, 5.74) is 6.13. The van der Waals surface area contributed by atoms with Gasteiger partial charge in [0, 0.05) is 25.7 Å². The van der Waals surface area contributed by atoms with Gasteiger partial charge in [-0.25, -0.2) is 0 Å². The van der Waals surface area contributed by atoms with Crippen molar-refractivity contribution in [2.24, 2.45) is 17.6 Å². The highest BCUT2D eigenvalue weighted by Gasteiger charge is 2.33. The quantitative estimate of drug-likeness (QED) is 0.838. The van der Waals surface area contributed by atoms with Crippen LogP contribution in [-0.2, 0) is 4.79 Å². The van der Waals surface area contributed by atoms with Gasteiger partial charge in [0.2, 0.25) is 5.91 Å². The van der Waals surface area contributed by atoms with E-state index in [4.69, 9.17) is 5.73 Å². The number of likely N-dealkylation sites (tertiary alicyclic amines) is 1. The lowest BCUT2D eigenvalue weighted by atomic mass is 9.83. The highest BCUT2D eigenvalue weighted by Crippen LogP contribution is 2.27. The molecule has 0 aromatic rings. The predicted octanol–water partition coefficient (Wildman–Crippen LogP) is 1.30. The lowest BCUT2D eigenvalue weighted by Gasteiger charge is -2.37. The van der Waals surface area contributed by atoms with Gasteiger partial charge in [-0.05, 0) is 45.7 Å². The third-order valence-electron chi connectivity index (χ3n) is 4.69. The molecule has 0 radical (unpaired) electrons. The standard InChI is InChI=1S/C15H29N3O/c1-17(2)11-12-7-9-18(10-8-12)15(19)13-5-3-4-6-14(13)16/h12-14H,3-11,16H2,1-2H3. The van der Waals surface area contributed by atoms with Crippen molar-refractivity contribution < 1.29 is 4.79 Å². The maximum atomic E-state index is 12.5. The van der Waals surface area contributed by atoms with Crippen LogP contribution in [-0.4, -0.2) is 55.5 Å². The summed E-state index contributed by atoms with van der Waals surface area (Å²) in [6, 6.07) is 0.0979. The monoisotopic (exact) mass is 267 g/mol.